The Bertz CT molecular complexity index is 509. The van der Waals surface area contributed by atoms with Gasteiger partial charge in [0.1, 0.15) is 6.54 Å². The van der Waals surface area contributed by atoms with Crippen LogP contribution in [0.1, 0.15) is 25.2 Å². The van der Waals surface area contributed by atoms with E-state index in [9.17, 15) is 9.59 Å². The lowest BCUT2D eigenvalue weighted by Gasteiger charge is -2.13. The van der Waals surface area contributed by atoms with Crippen molar-refractivity contribution in [3.8, 4) is 0 Å². The highest BCUT2D eigenvalue weighted by Crippen LogP contribution is 2.16. The molecule has 0 aliphatic heterocycles. The van der Waals surface area contributed by atoms with Gasteiger partial charge in [0.25, 0.3) is 0 Å². The largest absolute Gasteiger partial charge is 0.354 e. The molecule has 1 amide bonds. The fourth-order valence-corrected chi connectivity index (χ4v) is 1.78. The van der Waals surface area contributed by atoms with Crippen molar-refractivity contribution in [1.82, 2.24) is 14.9 Å². The van der Waals surface area contributed by atoms with Crippen LogP contribution < -0.4 is 11.0 Å². The molecule has 5 nitrogen and oxygen atoms in total. The van der Waals surface area contributed by atoms with Gasteiger partial charge in [-0.25, -0.2) is 4.79 Å². The van der Waals surface area contributed by atoms with Crippen LogP contribution in [-0.2, 0) is 11.3 Å². The van der Waals surface area contributed by atoms with E-state index in [0.717, 1.165) is 4.47 Å². The van der Waals surface area contributed by atoms with E-state index in [1.54, 1.807) is 13.8 Å². The van der Waals surface area contributed by atoms with Crippen molar-refractivity contribution in [2.24, 2.45) is 5.92 Å². The summed E-state index contributed by atoms with van der Waals surface area (Å²) in [4.78, 5) is 27.3. The van der Waals surface area contributed by atoms with Crippen LogP contribution >= 0.6 is 15.9 Å². The van der Waals surface area contributed by atoms with Crippen molar-refractivity contribution < 1.29 is 4.79 Å². The third-order valence-corrected chi connectivity index (χ3v) is 3.69. The molecule has 0 unspecified atom stereocenters. The van der Waals surface area contributed by atoms with Crippen molar-refractivity contribution in [2.75, 3.05) is 6.54 Å². The minimum Gasteiger partial charge on any atom is -0.354 e. The summed E-state index contributed by atoms with van der Waals surface area (Å²) in [5.41, 5.74) is 0.955. The van der Waals surface area contributed by atoms with Gasteiger partial charge in [0.05, 0.1) is 10.2 Å². The number of hydrogen-bond donors (Lipinski definition) is 1. The summed E-state index contributed by atoms with van der Waals surface area (Å²) in [7, 11) is 0. The van der Waals surface area contributed by atoms with Crippen LogP contribution in [0.3, 0.4) is 0 Å². The van der Waals surface area contributed by atoms with E-state index in [2.05, 4.69) is 26.2 Å². The van der Waals surface area contributed by atoms with E-state index in [-0.39, 0.29) is 12.5 Å². The lowest BCUT2D eigenvalue weighted by atomic mass is 10.2. The van der Waals surface area contributed by atoms with Gasteiger partial charge in [-0.05, 0) is 35.7 Å². The zero-order valence-electron chi connectivity index (χ0n) is 11.1. The molecule has 0 aliphatic carbocycles. The molecule has 18 heavy (non-hydrogen) atoms. The van der Waals surface area contributed by atoms with E-state index >= 15 is 0 Å². The fourth-order valence-electron chi connectivity index (χ4n) is 1.48. The van der Waals surface area contributed by atoms with Gasteiger partial charge in [-0.15, -0.1) is 0 Å². The first kappa shape index (κ1) is 14.9. The second kappa shape index (κ2) is 6.13. The molecule has 0 fully saturated rings. The molecule has 0 bridgehead atoms. The van der Waals surface area contributed by atoms with Crippen molar-refractivity contribution in [3.63, 3.8) is 0 Å². The molecule has 0 atom stereocenters. The Balaban J connectivity index is 2.89. The summed E-state index contributed by atoms with van der Waals surface area (Å²) in [6.07, 6.45) is 0. The number of carbonyl (C=O) groups is 1. The number of hydrogen-bond acceptors (Lipinski definition) is 3. The molecule has 0 saturated heterocycles. The minimum atomic E-state index is -0.395. The topological polar surface area (TPSA) is 64.0 Å². The summed E-state index contributed by atoms with van der Waals surface area (Å²) < 4.78 is 2.13. The first-order chi connectivity index (χ1) is 8.32. The van der Waals surface area contributed by atoms with Gasteiger partial charge in [0, 0.05) is 12.2 Å². The minimum absolute atomic E-state index is 0.00324. The van der Waals surface area contributed by atoms with E-state index in [1.807, 2.05) is 13.8 Å². The van der Waals surface area contributed by atoms with Gasteiger partial charge >= 0.3 is 5.69 Å². The molecular weight excluding hydrogens is 298 g/mol. The molecular formula is C12H18BrN3O2. The lowest BCUT2D eigenvalue weighted by molar-refractivity contribution is -0.121. The van der Waals surface area contributed by atoms with Gasteiger partial charge in [-0.1, -0.05) is 13.8 Å². The monoisotopic (exact) mass is 315 g/mol. The SMILES string of the molecule is Cc1nc(=O)n(CC(=O)NCC(C)C)c(C)c1Br. The average molecular weight is 316 g/mol. The molecule has 1 N–H and O–H groups in total. The number of amides is 1. The molecule has 0 spiro atoms. The number of carbonyl (C=O) groups excluding carboxylic acids is 1. The van der Waals surface area contributed by atoms with Gasteiger partial charge in [0.15, 0.2) is 0 Å². The number of nitrogens with one attached hydrogen (secondary N) is 1. The molecule has 1 aromatic heterocycles. The first-order valence-corrected chi connectivity index (χ1v) is 6.62. The van der Waals surface area contributed by atoms with Crippen LogP contribution in [-0.4, -0.2) is 22.0 Å². The highest BCUT2D eigenvalue weighted by Gasteiger charge is 2.12. The van der Waals surface area contributed by atoms with Crippen LogP contribution in [0.2, 0.25) is 0 Å². The highest BCUT2D eigenvalue weighted by molar-refractivity contribution is 9.10. The quantitative estimate of drug-likeness (QED) is 0.913. The molecule has 100 valence electrons. The Kier molecular flexibility index (Phi) is 5.07. The number of halogens is 1. The Morgan fingerprint density at radius 1 is 1.44 bits per heavy atom. The predicted molar refractivity (Wildman–Crippen MR) is 73.5 cm³/mol. The third-order valence-electron chi connectivity index (χ3n) is 2.54. The molecule has 6 heteroatoms. The predicted octanol–water partition coefficient (Wildman–Crippen LogP) is 1.39. The number of nitrogens with zero attached hydrogens (tertiary/aromatic N) is 2. The Hall–Kier alpha value is -1.17. The van der Waals surface area contributed by atoms with Crippen LogP contribution in [0.5, 0.6) is 0 Å². The highest BCUT2D eigenvalue weighted by atomic mass is 79.9. The van der Waals surface area contributed by atoms with Crippen molar-refractivity contribution in [2.45, 2.75) is 34.2 Å². The summed E-state index contributed by atoms with van der Waals surface area (Å²) in [5.74, 6) is 0.209. The maximum Gasteiger partial charge on any atom is 0.348 e. The smallest absolute Gasteiger partial charge is 0.348 e. The van der Waals surface area contributed by atoms with Crippen LogP contribution in [0.4, 0.5) is 0 Å². The van der Waals surface area contributed by atoms with Gasteiger partial charge < -0.3 is 5.32 Å². The van der Waals surface area contributed by atoms with Gasteiger partial charge in [0.2, 0.25) is 5.91 Å². The summed E-state index contributed by atoms with van der Waals surface area (Å²) in [5, 5.41) is 2.78. The summed E-state index contributed by atoms with van der Waals surface area (Å²) in [6, 6.07) is 0. The van der Waals surface area contributed by atoms with E-state index in [0.29, 0.717) is 23.9 Å². The maximum atomic E-state index is 11.7. The van der Waals surface area contributed by atoms with Crippen molar-refractivity contribution >= 4 is 21.8 Å². The van der Waals surface area contributed by atoms with Gasteiger partial charge in [-0.3, -0.25) is 9.36 Å². The Morgan fingerprint density at radius 2 is 2.06 bits per heavy atom. The molecule has 0 saturated carbocycles. The van der Waals surface area contributed by atoms with Gasteiger partial charge in [-0.2, -0.15) is 4.98 Å². The molecule has 1 rings (SSSR count). The van der Waals surface area contributed by atoms with E-state index in [1.165, 1.54) is 4.57 Å². The van der Waals surface area contributed by atoms with Crippen LogP contribution in [0.15, 0.2) is 9.27 Å². The molecule has 1 aromatic rings. The summed E-state index contributed by atoms with van der Waals surface area (Å²) in [6.45, 7) is 8.18. The van der Waals surface area contributed by atoms with E-state index < -0.39 is 5.69 Å². The number of aromatic nitrogens is 2. The van der Waals surface area contributed by atoms with Crippen molar-refractivity contribution in [1.29, 1.82) is 0 Å². The zero-order valence-corrected chi connectivity index (χ0v) is 12.7. The first-order valence-electron chi connectivity index (χ1n) is 5.83. The number of aryl methyl sites for hydroxylation is 1. The third kappa shape index (κ3) is 3.66. The van der Waals surface area contributed by atoms with E-state index in [4.69, 9.17) is 0 Å². The summed E-state index contributed by atoms with van der Waals surface area (Å²) >= 11 is 3.36. The Morgan fingerprint density at radius 3 is 2.61 bits per heavy atom. The second-order valence-corrected chi connectivity index (χ2v) is 5.46. The normalized spacial score (nSPS) is 10.8. The maximum absolute atomic E-state index is 11.7. The standard InChI is InChI=1S/C12H18BrN3O2/c1-7(2)5-14-10(17)6-16-9(4)11(13)8(3)15-12(16)18/h7H,5-6H2,1-4H3,(H,14,17). The molecule has 0 radical (unpaired) electrons. The second-order valence-electron chi connectivity index (χ2n) is 4.66. The molecule has 1 heterocycles. The van der Waals surface area contributed by atoms with Crippen LogP contribution in [0, 0.1) is 19.8 Å². The number of rotatable bonds is 4. The molecule has 0 aromatic carbocycles. The fraction of sp³-hybridized carbons (Fsp3) is 0.583. The molecule has 0 aliphatic rings. The Labute approximate surface area is 115 Å². The average Bonchev–Trinajstić information content (AvgIpc) is 2.29. The van der Waals surface area contributed by atoms with Crippen molar-refractivity contribution in [3.05, 3.63) is 26.3 Å². The lowest BCUT2D eigenvalue weighted by Crippen LogP contribution is -2.36. The van der Waals surface area contributed by atoms with Crippen LogP contribution in [0.25, 0.3) is 0 Å². The zero-order chi connectivity index (χ0) is 13.9.